The molecule has 0 radical (unpaired) electrons. The van der Waals surface area contributed by atoms with Crippen molar-refractivity contribution in [3.63, 3.8) is 0 Å². The molecule has 0 N–H and O–H groups in total. The number of ether oxygens (including phenoxy) is 3. The van der Waals surface area contributed by atoms with Crippen molar-refractivity contribution in [2.45, 2.75) is 207 Å². The van der Waals surface area contributed by atoms with Crippen LogP contribution in [0.4, 0.5) is 0 Å². The van der Waals surface area contributed by atoms with E-state index in [0.29, 0.717) is 25.9 Å². The van der Waals surface area contributed by atoms with E-state index in [1.54, 1.807) is 0 Å². The molecular weight excluding hydrogens is 669 g/mol. The van der Waals surface area contributed by atoms with E-state index >= 15 is 0 Å². The average molecular weight is 753 g/mol. The standard InChI is InChI=1S/C49H84O5/c1-4-7-10-13-15-17-19-21-23-24-25-26-27-28-30-32-34-37-39-42-48(50)53-46-47(54-49(51)43-40-36-12-9-6-3)45-52-44-41-38-35-33-31-29-22-20-18-16-14-11-8-5-2/h7,10,15,17,21,23,25-26,28,30,34,37,47H,4-6,8-9,11-14,16,18-20,22,24,27,29,31-33,35-36,38-46H2,1-3H3/b10-7-,17-15-,23-21-,26-25-,30-28-,37-34-. The molecule has 0 bridgehead atoms. The van der Waals surface area contributed by atoms with E-state index in [4.69, 9.17) is 14.2 Å². The van der Waals surface area contributed by atoms with Gasteiger partial charge in [0, 0.05) is 19.4 Å². The van der Waals surface area contributed by atoms with Gasteiger partial charge in [0.1, 0.15) is 6.61 Å². The summed E-state index contributed by atoms with van der Waals surface area (Å²) in [6.07, 6.45) is 56.5. The highest BCUT2D eigenvalue weighted by atomic mass is 16.6. The summed E-state index contributed by atoms with van der Waals surface area (Å²) in [5.41, 5.74) is 0. The van der Waals surface area contributed by atoms with Gasteiger partial charge in [0.05, 0.1) is 6.61 Å². The summed E-state index contributed by atoms with van der Waals surface area (Å²) < 4.78 is 17.1. The Morgan fingerprint density at radius 3 is 1.30 bits per heavy atom. The summed E-state index contributed by atoms with van der Waals surface area (Å²) in [6, 6.07) is 0. The van der Waals surface area contributed by atoms with Crippen molar-refractivity contribution in [3.8, 4) is 0 Å². The van der Waals surface area contributed by atoms with E-state index in [9.17, 15) is 9.59 Å². The Balaban J connectivity index is 4.19. The third-order valence-electron chi connectivity index (χ3n) is 9.27. The van der Waals surface area contributed by atoms with Crippen LogP contribution >= 0.6 is 0 Å². The highest BCUT2D eigenvalue weighted by molar-refractivity contribution is 5.70. The first kappa shape index (κ1) is 51.3. The van der Waals surface area contributed by atoms with Gasteiger partial charge in [0.25, 0.3) is 0 Å². The number of unbranched alkanes of at least 4 members (excludes halogenated alkanes) is 17. The minimum atomic E-state index is -0.561. The molecule has 1 unspecified atom stereocenters. The molecule has 0 aliphatic heterocycles. The van der Waals surface area contributed by atoms with Gasteiger partial charge in [-0.05, 0) is 57.8 Å². The molecule has 0 aliphatic carbocycles. The zero-order chi connectivity index (χ0) is 39.3. The molecule has 54 heavy (non-hydrogen) atoms. The Morgan fingerprint density at radius 1 is 0.426 bits per heavy atom. The van der Waals surface area contributed by atoms with Gasteiger partial charge in [-0.25, -0.2) is 0 Å². The number of rotatable bonds is 40. The van der Waals surface area contributed by atoms with Crippen molar-refractivity contribution in [1.29, 1.82) is 0 Å². The van der Waals surface area contributed by atoms with Crippen molar-refractivity contribution < 1.29 is 23.8 Å². The molecule has 0 aromatic heterocycles. The lowest BCUT2D eigenvalue weighted by Crippen LogP contribution is -2.30. The summed E-state index contributed by atoms with van der Waals surface area (Å²) in [6.45, 7) is 7.56. The lowest BCUT2D eigenvalue weighted by molar-refractivity contribution is -0.162. The highest BCUT2D eigenvalue weighted by Gasteiger charge is 2.17. The maximum Gasteiger partial charge on any atom is 0.306 e. The number of allylic oxidation sites excluding steroid dienone is 12. The Kier molecular flexibility index (Phi) is 42.5. The largest absolute Gasteiger partial charge is 0.462 e. The first-order valence-corrected chi connectivity index (χ1v) is 22.5. The normalized spacial score (nSPS) is 12.9. The van der Waals surface area contributed by atoms with Crippen molar-refractivity contribution in [1.82, 2.24) is 0 Å². The molecule has 0 aromatic carbocycles. The minimum absolute atomic E-state index is 0.0445. The van der Waals surface area contributed by atoms with Crippen molar-refractivity contribution >= 4 is 11.9 Å². The molecule has 0 spiro atoms. The highest BCUT2D eigenvalue weighted by Crippen LogP contribution is 2.13. The van der Waals surface area contributed by atoms with Gasteiger partial charge >= 0.3 is 11.9 Å². The van der Waals surface area contributed by atoms with Crippen LogP contribution in [0.5, 0.6) is 0 Å². The van der Waals surface area contributed by atoms with E-state index in [-0.39, 0.29) is 25.2 Å². The van der Waals surface area contributed by atoms with E-state index < -0.39 is 6.10 Å². The summed E-state index contributed by atoms with van der Waals surface area (Å²) >= 11 is 0. The SMILES string of the molecule is CC/C=C\C/C=C\C/C=C\C/C=C\C/C=C\C/C=C\CCC(=O)OCC(COCCCCCCCCCCCCCCCC)OC(=O)CCCCCCC. The van der Waals surface area contributed by atoms with E-state index in [0.717, 1.165) is 70.6 Å². The van der Waals surface area contributed by atoms with Crippen LogP contribution in [-0.4, -0.2) is 37.9 Å². The molecule has 0 saturated heterocycles. The van der Waals surface area contributed by atoms with Crippen LogP contribution < -0.4 is 0 Å². The first-order valence-electron chi connectivity index (χ1n) is 22.5. The average Bonchev–Trinajstić information content (AvgIpc) is 3.17. The van der Waals surface area contributed by atoms with E-state index in [1.165, 1.54) is 89.9 Å². The maximum atomic E-state index is 12.5. The van der Waals surface area contributed by atoms with Gasteiger partial charge in [-0.1, -0.05) is 203 Å². The van der Waals surface area contributed by atoms with Gasteiger partial charge in [-0.3, -0.25) is 9.59 Å². The molecule has 0 saturated carbocycles. The molecule has 5 nitrogen and oxygen atoms in total. The Hall–Kier alpha value is -2.66. The number of hydrogen-bond donors (Lipinski definition) is 0. The molecule has 0 fully saturated rings. The molecule has 0 amide bonds. The molecule has 0 aromatic rings. The van der Waals surface area contributed by atoms with Crippen LogP contribution in [0.3, 0.4) is 0 Å². The van der Waals surface area contributed by atoms with E-state index in [1.807, 2.05) is 6.08 Å². The fourth-order valence-electron chi connectivity index (χ4n) is 5.95. The summed E-state index contributed by atoms with van der Waals surface area (Å²) in [4.78, 5) is 25.0. The molecule has 1 atom stereocenters. The molecule has 0 rings (SSSR count). The molecule has 5 heteroatoms. The zero-order valence-corrected chi connectivity index (χ0v) is 35.5. The fourth-order valence-corrected chi connectivity index (χ4v) is 5.95. The summed E-state index contributed by atoms with van der Waals surface area (Å²) in [5, 5.41) is 0. The number of carbonyl (C=O) groups excluding carboxylic acids is 2. The molecule has 0 aliphatic rings. The minimum Gasteiger partial charge on any atom is -0.462 e. The lowest BCUT2D eigenvalue weighted by atomic mass is 10.0. The lowest BCUT2D eigenvalue weighted by Gasteiger charge is -2.18. The number of esters is 2. The zero-order valence-electron chi connectivity index (χ0n) is 35.5. The molecular formula is C49H84O5. The van der Waals surface area contributed by atoms with Crippen LogP contribution in [0.25, 0.3) is 0 Å². The second-order valence-electron chi connectivity index (χ2n) is 14.6. The first-order chi connectivity index (χ1) is 26.6. The maximum absolute atomic E-state index is 12.5. The topological polar surface area (TPSA) is 61.8 Å². The van der Waals surface area contributed by atoms with Gasteiger partial charge < -0.3 is 14.2 Å². The van der Waals surface area contributed by atoms with Crippen LogP contribution in [0.15, 0.2) is 72.9 Å². The molecule has 0 heterocycles. The van der Waals surface area contributed by atoms with Crippen LogP contribution in [0, 0.1) is 0 Å². The Labute approximate surface area is 334 Å². The molecule has 310 valence electrons. The second kappa shape index (κ2) is 44.7. The van der Waals surface area contributed by atoms with Gasteiger partial charge in [-0.15, -0.1) is 0 Å². The van der Waals surface area contributed by atoms with E-state index in [2.05, 4.69) is 87.6 Å². The van der Waals surface area contributed by atoms with Crippen LogP contribution in [0.2, 0.25) is 0 Å². The van der Waals surface area contributed by atoms with Gasteiger partial charge in [0.15, 0.2) is 6.10 Å². The van der Waals surface area contributed by atoms with Gasteiger partial charge in [0.2, 0.25) is 0 Å². The third kappa shape index (κ3) is 42.1. The quantitative estimate of drug-likeness (QED) is 0.0354. The number of carbonyl (C=O) groups is 2. The summed E-state index contributed by atoms with van der Waals surface area (Å²) in [7, 11) is 0. The third-order valence-corrected chi connectivity index (χ3v) is 9.27. The fraction of sp³-hybridized carbons (Fsp3) is 0.714. The number of hydrogen-bond acceptors (Lipinski definition) is 5. The van der Waals surface area contributed by atoms with Gasteiger partial charge in [-0.2, -0.15) is 0 Å². The van der Waals surface area contributed by atoms with Crippen molar-refractivity contribution in [2.24, 2.45) is 0 Å². The van der Waals surface area contributed by atoms with Crippen molar-refractivity contribution in [3.05, 3.63) is 72.9 Å². The monoisotopic (exact) mass is 753 g/mol. The Bertz CT molecular complexity index is 988. The van der Waals surface area contributed by atoms with Crippen molar-refractivity contribution in [2.75, 3.05) is 19.8 Å². The smallest absolute Gasteiger partial charge is 0.306 e. The summed E-state index contributed by atoms with van der Waals surface area (Å²) in [5.74, 6) is -0.507. The Morgan fingerprint density at radius 2 is 0.833 bits per heavy atom. The second-order valence-corrected chi connectivity index (χ2v) is 14.6. The van der Waals surface area contributed by atoms with Crippen LogP contribution in [-0.2, 0) is 23.8 Å². The van der Waals surface area contributed by atoms with Crippen LogP contribution in [0.1, 0.15) is 201 Å². The predicted octanol–water partition coefficient (Wildman–Crippen LogP) is 14.8. The predicted molar refractivity (Wildman–Crippen MR) is 233 cm³/mol.